The van der Waals surface area contributed by atoms with Crippen molar-refractivity contribution in [3.05, 3.63) is 11.6 Å². The third-order valence-electron chi connectivity index (χ3n) is 1.19. The van der Waals surface area contributed by atoms with Crippen LogP contribution in [0.5, 0.6) is 0 Å². The molecule has 4 nitrogen and oxygen atoms in total. The van der Waals surface area contributed by atoms with E-state index in [2.05, 4.69) is 0 Å². The number of aliphatic hydroxyl groups is 2. The Labute approximate surface area is 60.1 Å². The Balaban J connectivity index is 3.40. The molecular formula is C6H14N2O2. The molecule has 0 aliphatic rings. The molecule has 0 spiro atoms. The molecule has 0 atom stereocenters. The number of nitrogens with two attached hydrogens (primary N) is 2. The van der Waals surface area contributed by atoms with Crippen LogP contribution in [0.2, 0.25) is 0 Å². The summed E-state index contributed by atoms with van der Waals surface area (Å²) in [6.45, 7) is 0.611. The van der Waals surface area contributed by atoms with Crippen LogP contribution < -0.4 is 11.5 Å². The molecule has 4 heteroatoms. The van der Waals surface area contributed by atoms with Gasteiger partial charge in [0.1, 0.15) is 0 Å². The van der Waals surface area contributed by atoms with Gasteiger partial charge in [0.05, 0.1) is 5.70 Å². The van der Waals surface area contributed by atoms with Crippen LogP contribution in [0.3, 0.4) is 0 Å². The summed E-state index contributed by atoms with van der Waals surface area (Å²) in [6, 6.07) is 0. The van der Waals surface area contributed by atoms with Gasteiger partial charge in [0, 0.05) is 0 Å². The molecule has 0 aliphatic carbocycles. The minimum absolute atomic E-state index is 0.133. The standard InChI is InChI=1S/C6H14N2O2/c7-4-2-1-3-5(8)6(9)10/h9-10H,1-4,7-8H2. The van der Waals surface area contributed by atoms with Crippen molar-refractivity contribution in [2.24, 2.45) is 11.5 Å². The second-order valence-corrected chi connectivity index (χ2v) is 2.09. The zero-order chi connectivity index (χ0) is 7.98. The molecule has 0 fully saturated rings. The van der Waals surface area contributed by atoms with Crippen molar-refractivity contribution in [3.8, 4) is 0 Å². The number of hydrogen-bond acceptors (Lipinski definition) is 4. The molecule has 6 N–H and O–H groups in total. The van der Waals surface area contributed by atoms with E-state index in [0.29, 0.717) is 13.0 Å². The van der Waals surface area contributed by atoms with Gasteiger partial charge in [-0.2, -0.15) is 0 Å². The van der Waals surface area contributed by atoms with Crippen molar-refractivity contribution < 1.29 is 10.2 Å². The third-order valence-corrected chi connectivity index (χ3v) is 1.19. The number of unbranched alkanes of at least 4 members (excludes halogenated alkanes) is 1. The Morgan fingerprint density at radius 1 is 1.20 bits per heavy atom. The molecule has 60 valence electrons. The quantitative estimate of drug-likeness (QED) is 0.340. The van der Waals surface area contributed by atoms with Crippen LogP contribution in [0.1, 0.15) is 19.3 Å². The minimum Gasteiger partial charge on any atom is -0.480 e. The first-order valence-corrected chi connectivity index (χ1v) is 3.25. The zero-order valence-electron chi connectivity index (χ0n) is 5.88. The summed E-state index contributed by atoms with van der Waals surface area (Å²) in [6.07, 6.45) is 2.15. The molecule has 0 saturated carbocycles. The predicted molar refractivity (Wildman–Crippen MR) is 39.4 cm³/mol. The Bertz CT molecular complexity index is 119. The molecule has 10 heavy (non-hydrogen) atoms. The van der Waals surface area contributed by atoms with E-state index in [4.69, 9.17) is 21.7 Å². The second-order valence-electron chi connectivity index (χ2n) is 2.09. The van der Waals surface area contributed by atoms with Crippen molar-refractivity contribution in [2.45, 2.75) is 19.3 Å². The van der Waals surface area contributed by atoms with Gasteiger partial charge in [0.2, 0.25) is 0 Å². The summed E-state index contributed by atoms with van der Waals surface area (Å²) in [5.74, 6) is -0.767. The van der Waals surface area contributed by atoms with E-state index in [-0.39, 0.29) is 5.70 Å². The highest BCUT2D eigenvalue weighted by Crippen LogP contribution is 2.02. The molecular weight excluding hydrogens is 132 g/mol. The van der Waals surface area contributed by atoms with Crippen LogP contribution in [0, 0.1) is 0 Å². The normalized spacial score (nSPS) is 9.30. The number of aliphatic hydroxyl groups excluding tert-OH is 1. The minimum atomic E-state index is -0.767. The molecule has 0 radical (unpaired) electrons. The molecule has 0 heterocycles. The van der Waals surface area contributed by atoms with Crippen LogP contribution in [-0.2, 0) is 0 Å². The lowest BCUT2D eigenvalue weighted by Crippen LogP contribution is -2.04. The van der Waals surface area contributed by atoms with Gasteiger partial charge in [-0.1, -0.05) is 0 Å². The summed E-state index contributed by atoms with van der Waals surface area (Å²) in [5, 5.41) is 16.8. The maximum atomic E-state index is 8.40. The van der Waals surface area contributed by atoms with Crippen LogP contribution in [0.4, 0.5) is 0 Å². The molecule has 0 aliphatic heterocycles. The molecule has 0 aromatic heterocycles. The molecule has 0 saturated heterocycles. The first-order valence-electron chi connectivity index (χ1n) is 3.25. The van der Waals surface area contributed by atoms with E-state index in [1.54, 1.807) is 0 Å². The van der Waals surface area contributed by atoms with Gasteiger partial charge >= 0.3 is 0 Å². The van der Waals surface area contributed by atoms with E-state index in [9.17, 15) is 0 Å². The van der Waals surface area contributed by atoms with Crippen LogP contribution in [-0.4, -0.2) is 16.8 Å². The van der Waals surface area contributed by atoms with E-state index in [1.807, 2.05) is 0 Å². The molecule has 0 aromatic carbocycles. The second kappa shape index (κ2) is 4.93. The average molecular weight is 146 g/mol. The van der Waals surface area contributed by atoms with E-state index >= 15 is 0 Å². The van der Waals surface area contributed by atoms with Gasteiger partial charge in [-0.05, 0) is 25.8 Å². The molecule has 0 amide bonds. The first-order chi connectivity index (χ1) is 4.68. The highest BCUT2D eigenvalue weighted by atomic mass is 16.5. The summed E-state index contributed by atoms with van der Waals surface area (Å²) in [7, 11) is 0. The van der Waals surface area contributed by atoms with Gasteiger partial charge in [-0.3, -0.25) is 0 Å². The van der Waals surface area contributed by atoms with Gasteiger partial charge < -0.3 is 21.7 Å². The van der Waals surface area contributed by atoms with Crippen LogP contribution in [0.25, 0.3) is 0 Å². The van der Waals surface area contributed by atoms with Crippen molar-refractivity contribution >= 4 is 0 Å². The largest absolute Gasteiger partial charge is 0.480 e. The molecule has 0 unspecified atom stereocenters. The predicted octanol–water partition coefficient (Wildman–Crippen LogP) is 0.359. The SMILES string of the molecule is NCCCCC(N)=C(O)O. The molecule has 0 bridgehead atoms. The highest BCUT2D eigenvalue weighted by molar-refractivity contribution is 4.94. The zero-order valence-corrected chi connectivity index (χ0v) is 5.88. The van der Waals surface area contributed by atoms with Crippen LogP contribution >= 0.6 is 0 Å². The van der Waals surface area contributed by atoms with Crippen molar-refractivity contribution in [1.29, 1.82) is 0 Å². The van der Waals surface area contributed by atoms with Gasteiger partial charge in [-0.15, -0.1) is 0 Å². The number of rotatable bonds is 4. The lowest BCUT2D eigenvalue weighted by atomic mass is 10.2. The van der Waals surface area contributed by atoms with E-state index < -0.39 is 5.95 Å². The molecule has 0 rings (SSSR count). The maximum Gasteiger partial charge on any atom is 0.293 e. The van der Waals surface area contributed by atoms with Crippen molar-refractivity contribution in [2.75, 3.05) is 6.54 Å². The first kappa shape index (κ1) is 9.10. The topological polar surface area (TPSA) is 92.5 Å². The lowest BCUT2D eigenvalue weighted by molar-refractivity contribution is 0.182. The number of hydrogen-bond donors (Lipinski definition) is 4. The van der Waals surface area contributed by atoms with E-state index in [1.165, 1.54) is 0 Å². The van der Waals surface area contributed by atoms with E-state index in [0.717, 1.165) is 12.8 Å². The fourth-order valence-electron chi connectivity index (χ4n) is 0.572. The Morgan fingerprint density at radius 3 is 2.20 bits per heavy atom. The Morgan fingerprint density at radius 2 is 1.80 bits per heavy atom. The highest BCUT2D eigenvalue weighted by Gasteiger charge is 1.96. The van der Waals surface area contributed by atoms with Gasteiger partial charge in [0.25, 0.3) is 5.95 Å². The molecule has 0 aromatic rings. The fraction of sp³-hybridized carbons (Fsp3) is 0.667. The summed E-state index contributed by atoms with van der Waals surface area (Å²) in [4.78, 5) is 0. The Hall–Kier alpha value is -0.900. The van der Waals surface area contributed by atoms with Crippen LogP contribution in [0.15, 0.2) is 11.6 Å². The third kappa shape index (κ3) is 4.03. The van der Waals surface area contributed by atoms with Gasteiger partial charge in [0.15, 0.2) is 0 Å². The smallest absolute Gasteiger partial charge is 0.293 e. The maximum absolute atomic E-state index is 8.40. The summed E-state index contributed by atoms with van der Waals surface area (Å²) >= 11 is 0. The lowest BCUT2D eigenvalue weighted by Gasteiger charge is -1.98. The van der Waals surface area contributed by atoms with Gasteiger partial charge in [-0.25, -0.2) is 0 Å². The monoisotopic (exact) mass is 146 g/mol. The van der Waals surface area contributed by atoms with Crippen molar-refractivity contribution in [1.82, 2.24) is 0 Å². The average Bonchev–Trinajstić information content (AvgIpc) is 1.88. The summed E-state index contributed by atoms with van der Waals surface area (Å²) in [5.41, 5.74) is 10.5. The Kier molecular flexibility index (Phi) is 4.49. The summed E-state index contributed by atoms with van der Waals surface area (Å²) < 4.78 is 0. The van der Waals surface area contributed by atoms with Crippen molar-refractivity contribution in [3.63, 3.8) is 0 Å². The fourth-order valence-corrected chi connectivity index (χ4v) is 0.572. The number of allylic oxidation sites excluding steroid dienone is 1.